The Hall–Kier alpha value is -2.22. The zero-order valence-corrected chi connectivity index (χ0v) is 21.5. The molecule has 1 aliphatic carbocycles. The lowest BCUT2D eigenvalue weighted by Crippen LogP contribution is -2.29. The number of benzene rings is 2. The number of carbonyl (C=O) groups excluding carboxylic acids is 1. The smallest absolute Gasteiger partial charge is 0.263 e. The van der Waals surface area contributed by atoms with E-state index in [-0.39, 0.29) is 23.1 Å². The van der Waals surface area contributed by atoms with Crippen LogP contribution < -0.4 is 10.9 Å². The van der Waals surface area contributed by atoms with Gasteiger partial charge in [0.15, 0.2) is 5.16 Å². The number of hydrogen-bond donors (Lipinski definition) is 1. The van der Waals surface area contributed by atoms with Gasteiger partial charge in [-0.2, -0.15) is 0 Å². The van der Waals surface area contributed by atoms with E-state index in [1.807, 2.05) is 50.2 Å². The number of nitrogens with one attached hydrogen (secondary N) is 1. The lowest BCUT2D eigenvalue weighted by molar-refractivity contribution is -0.113. The standard InChI is InChI=1S/C26H26ClN3O2S2/c1-15-6-5-7-18(12-15)30-25(32)23-19-8-3-4-9-21(19)34-24(23)29-26(30)33-14-22(31)28-17-11-10-16(2)20(27)13-17/h5-7,10-13,19,21H,3-4,8-9,14H2,1-2H3,(H,28,31)/t19-,21+/m0/s1. The second kappa shape index (κ2) is 9.80. The van der Waals surface area contributed by atoms with Crippen molar-refractivity contribution in [1.82, 2.24) is 9.55 Å². The second-order valence-corrected chi connectivity index (χ2v) is 11.5. The van der Waals surface area contributed by atoms with Crippen LogP contribution in [0.3, 0.4) is 0 Å². The summed E-state index contributed by atoms with van der Waals surface area (Å²) in [4.78, 5) is 31.5. The van der Waals surface area contributed by atoms with Crippen LogP contribution in [0.1, 0.15) is 48.3 Å². The number of fused-ring (bicyclic) bond motifs is 3. The Labute approximate surface area is 212 Å². The summed E-state index contributed by atoms with van der Waals surface area (Å²) in [5.41, 5.74) is 4.33. The third kappa shape index (κ3) is 4.66. The van der Waals surface area contributed by atoms with Gasteiger partial charge in [-0.25, -0.2) is 4.98 Å². The van der Waals surface area contributed by atoms with Crippen molar-refractivity contribution < 1.29 is 4.79 Å². The van der Waals surface area contributed by atoms with Crippen molar-refractivity contribution in [3.05, 3.63) is 74.5 Å². The molecule has 0 saturated heterocycles. The largest absolute Gasteiger partial charge is 0.325 e. The average molecular weight is 512 g/mol. The Bertz CT molecular complexity index is 1320. The average Bonchev–Trinajstić information content (AvgIpc) is 3.19. The van der Waals surface area contributed by atoms with E-state index in [9.17, 15) is 9.59 Å². The van der Waals surface area contributed by atoms with E-state index >= 15 is 0 Å². The van der Waals surface area contributed by atoms with Gasteiger partial charge in [0, 0.05) is 21.9 Å². The summed E-state index contributed by atoms with van der Waals surface area (Å²) >= 11 is 9.22. The van der Waals surface area contributed by atoms with E-state index in [0.717, 1.165) is 46.7 Å². The minimum Gasteiger partial charge on any atom is -0.325 e. The molecule has 1 fully saturated rings. The van der Waals surface area contributed by atoms with Gasteiger partial charge in [-0.3, -0.25) is 14.2 Å². The third-order valence-corrected chi connectivity index (χ3v) is 9.18. The summed E-state index contributed by atoms with van der Waals surface area (Å²) < 4.78 is 1.70. The number of amides is 1. The number of halogens is 1. The highest BCUT2D eigenvalue weighted by atomic mass is 35.5. The first-order chi connectivity index (χ1) is 16.4. The van der Waals surface area contributed by atoms with E-state index in [0.29, 0.717) is 21.1 Å². The predicted octanol–water partition coefficient (Wildman–Crippen LogP) is 6.37. The predicted molar refractivity (Wildman–Crippen MR) is 141 cm³/mol. The molecule has 1 amide bonds. The number of aryl methyl sites for hydroxylation is 2. The Kier molecular flexibility index (Phi) is 6.78. The number of thioether (sulfide) groups is 2. The molecule has 5 nitrogen and oxygen atoms in total. The van der Waals surface area contributed by atoms with Crippen LogP contribution in [0.5, 0.6) is 0 Å². The van der Waals surface area contributed by atoms with Crippen molar-refractivity contribution in [3.8, 4) is 5.69 Å². The SMILES string of the molecule is Cc1cccc(-n2c(SCC(=O)Nc3ccc(C)c(Cl)c3)nc3c(c2=O)[C@H]2CCCC[C@H]2S3)c1. The maximum absolute atomic E-state index is 13.8. The fraction of sp³-hybridized carbons (Fsp3) is 0.346. The van der Waals surface area contributed by atoms with Crippen LogP contribution in [0, 0.1) is 13.8 Å². The van der Waals surface area contributed by atoms with E-state index in [1.165, 1.54) is 18.2 Å². The second-order valence-electron chi connectivity index (χ2n) is 8.94. The molecule has 0 spiro atoms. The quantitative estimate of drug-likeness (QED) is 0.245. The Balaban J connectivity index is 1.46. The van der Waals surface area contributed by atoms with Gasteiger partial charge in [0.25, 0.3) is 5.56 Å². The summed E-state index contributed by atoms with van der Waals surface area (Å²) in [6.45, 7) is 3.93. The molecule has 1 aliphatic heterocycles. The van der Waals surface area contributed by atoms with Crippen LogP contribution in [0.2, 0.25) is 5.02 Å². The first-order valence-corrected chi connectivity index (χ1v) is 13.7. The minimum atomic E-state index is -0.170. The zero-order valence-electron chi connectivity index (χ0n) is 19.1. The molecule has 2 aromatic carbocycles. The molecule has 8 heteroatoms. The van der Waals surface area contributed by atoms with Crippen molar-refractivity contribution in [1.29, 1.82) is 0 Å². The lowest BCUT2D eigenvalue weighted by atomic mass is 9.85. The van der Waals surface area contributed by atoms with E-state index < -0.39 is 0 Å². The minimum absolute atomic E-state index is 0.00530. The molecular weight excluding hydrogens is 486 g/mol. The van der Waals surface area contributed by atoms with Gasteiger partial charge < -0.3 is 5.32 Å². The number of rotatable bonds is 5. The normalized spacial score (nSPS) is 18.9. The number of carbonyl (C=O) groups is 1. The highest BCUT2D eigenvalue weighted by Crippen LogP contribution is 2.50. The molecule has 0 unspecified atom stereocenters. The highest BCUT2D eigenvalue weighted by molar-refractivity contribution is 8.00. The highest BCUT2D eigenvalue weighted by Gasteiger charge is 2.39. The molecule has 0 radical (unpaired) electrons. The molecule has 34 heavy (non-hydrogen) atoms. The van der Waals surface area contributed by atoms with Crippen LogP contribution in [0.4, 0.5) is 5.69 Å². The summed E-state index contributed by atoms with van der Waals surface area (Å²) in [7, 11) is 0. The fourth-order valence-electron chi connectivity index (χ4n) is 4.70. The first-order valence-electron chi connectivity index (χ1n) is 11.5. The van der Waals surface area contributed by atoms with E-state index in [2.05, 4.69) is 5.32 Å². The lowest BCUT2D eigenvalue weighted by Gasteiger charge is -2.24. The van der Waals surface area contributed by atoms with E-state index in [1.54, 1.807) is 22.4 Å². The van der Waals surface area contributed by atoms with Crippen LogP contribution in [0.25, 0.3) is 5.69 Å². The van der Waals surface area contributed by atoms with Gasteiger partial charge in [-0.15, -0.1) is 11.8 Å². The van der Waals surface area contributed by atoms with Gasteiger partial charge in [0.1, 0.15) is 5.03 Å². The molecule has 5 rings (SSSR count). The summed E-state index contributed by atoms with van der Waals surface area (Å²) in [6.07, 6.45) is 4.53. The maximum atomic E-state index is 13.8. The monoisotopic (exact) mass is 511 g/mol. The van der Waals surface area contributed by atoms with Gasteiger partial charge in [0.2, 0.25) is 5.91 Å². The van der Waals surface area contributed by atoms with Gasteiger partial charge in [0.05, 0.1) is 17.0 Å². The molecule has 2 atom stereocenters. The molecule has 1 saturated carbocycles. The molecule has 1 aromatic heterocycles. The number of hydrogen-bond acceptors (Lipinski definition) is 5. The third-order valence-electron chi connectivity index (χ3n) is 6.44. The van der Waals surface area contributed by atoms with Crippen LogP contribution in [-0.4, -0.2) is 26.5 Å². The Morgan fingerprint density at radius 3 is 2.82 bits per heavy atom. The number of anilines is 1. The molecule has 176 valence electrons. The van der Waals surface area contributed by atoms with Crippen molar-refractivity contribution >= 4 is 46.7 Å². The molecule has 2 heterocycles. The first kappa shape index (κ1) is 23.5. The van der Waals surface area contributed by atoms with Crippen molar-refractivity contribution in [3.63, 3.8) is 0 Å². The van der Waals surface area contributed by atoms with E-state index in [4.69, 9.17) is 16.6 Å². The van der Waals surface area contributed by atoms with Crippen molar-refractivity contribution in [2.75, 3.05) is 11.1 Å². The van der Waals surface area contributed by atoms with Crippen molar-refractivity contribution in [2.45, 2.75) is 60.9 Å². The van der Waals surface area contributed by atoms with Crippen LogP contribution in [0.15, 0.2) is 57.4 Å². The van der Waals surface area contributed by atoms with Gasteiger partial charge >= 0.3 is 0 Å². The number of nitrogens with zero attached hydrogens (tertiary/aromatic N) is 2. The van der Waals surface area contributed by atoms with Crippen LogP contribution in [-0.2, 0) is 4.79 Å². The number of aromatic nitrogens is 2. The molecule has 1 N–H and O–H groups in total. The maximum Gasteiger partial charge on any atom is 0.263 e. The van der Waals surface area contributed by atoms with Gasteiger partial charge in [-0.05, 0) is 62.1 Å². The zero-order chi connectivity index (χ0) is 23.8. The molecule has 2 aliphatic rings. The summed E-state index contributed by atoms with van der Waals surface area (Å²) in [6, 6.07) is 13.3. The fourth-order valence-corrected chi connectivity index (χ4v) is 7.26. The molecule has 3 aromatic rings. The van der Waals surface area contributed by atoms with Crippen LogP contribution >= 0.6 is 35.1 Å². The van der Waals surface area contributed by atoms with Gasteiger partial charge in [-0.1, -0.05) is 54.4 Å². The van der Waals surface area contributed by atoms with Crippen molar-refractivity contribution in [2.24, 2.45) is 0 Å². The summed E-state index contributed by atoms with van der Waals surface area (Å²) in [5, 5.41) is 5.33. The summed E-state index contributed by atoms with van der Waals surface area (Å²) in [5.74, 6) is 0.246. The Morgan fingerprint density at radius 1 is 1.21 bits per heavy atom. The molecule has 0 bridgehead atoms. The topological polar surface area (TPSA) is 64.0 Å². The Morgan fingerprint density at radius 2 is 2.03 bits per heavy atom. The molecular formula is C26H26ClN3O2S2.